The van der Waals surface area contributed by atoms with Crippen LogP contribution >= 0.6 is 0 Å². The molecule has 0 radical (unpaired) electrons. The summed E-state index contributed by atoms with van der Waals surface area (Å²) in [6.07, 6.45) is 2.34. The summed E-state index contributed by atoms with van der Waals surface area (Å²) in [6.45, 7) is 0. The maximum Gasteiger partial charge on any atom is 0.192 e. The van der Waals surface area contributed by atoms with E-state index < -0.39 is 0 Å². The molecule has 4 N–H and O–H groups in total. The van der Waals surface area contributed by atoms with Gasteiger partial charge in [0.2, 0.25) is 0 Å². The maximum absolute atomic E-state index is 9.02. The van der Waals surface area contributed by atoms with Gasteiger partial charge in [0.05, 0.1) is 6.20 Å². The molecule has 0 aliphatic carbocycles. The summed E-state index contributed by atoms with van der Waals surface area (Å²) in [5.74, 6) is -0.465. The Labute approximate surface area is 62.0 Å². The number of aromatic hydroxyl groups is 1. The van der Waals surface area contributed by atoms with Crippen LogP contribution in [-0.4, -0.2) is 26.1 Å². The Kier molecular flexibility index (Phi) is 1.86. The fraction of sp³-hybridized carbons (Fsp3) is 0. The van der Waals surface area contributed by atoms with Crippen LogP contribution in [0, 0.1) is 0 Å². The number of oxime groups is 1. The van der Waals surface area contributed by atoms with Crippen LogP contribution in [0.15, 0.2) is 17.7 Å². The Morgan fingerprint density at radius 2 is 2.36 bits per heavy atom. The van der Waals surface area contributed by atoms with E-state index in [0.29, 0.717) is 0 Å². The van der Waals surface area contributed by atoms with E-state index in [2.05, 4.69) is 15.1 Å². The lowest BCUT2D eigenvalue weighted by molar-refractivity contribution is 0.318. The summed E-state index contributed by atoms with van der Waals surface area (Å²) in [4.78, 5) is 7.08. The summed E-state index contributed by atoms with van der Waals surface area (Å²) in [5.41, 5.74) is 5.16. The predicted molar refractivity (Wildman–Crippen MR) is 36.2 cm³/mol. The lowest BCUT2D eigenvalue weighted by atomic mass is 10.3. The summed E-state index contributed by atoms with van der Waals surface area (Å²) in [6, 6.07) is 0. The summed E-state index contributed by atoms with van der Waals surface area (Å²) >= 11 is 0. The Morgan fingerprint density at radius 3 is 2.91 bits per heavy atom. The number of hydrogen-bond donors (Lipinski definition) is 3. The second-order valence-corrected chi connectivity index (χ2v) is 1.74. The molecule has 0 unspecified atom stereocenters. The Balaban J connectivity index is 3.14. The fourth-order valence-electron chi connectivity index (χ4n) is 0.567. The number of nitrogens with zero attached hydrogens (tertiary/aromatic N) is 3. The zero-order valence-electron chi connectivity index (χ0n) is 5.47. The van der Waals surface area contributed by atoms with Gasteiger partial charge in [-0.05, 0) is 0 Å². The molecule has 6 heteroatoms. The van der Waals surface area contributed by atoms with Gasteiger partial charge < -0.3 is 16.0 Å². The Hall–Kier alpha value is -1.85. The molecule has 1 heterocycles. The molecule has 58 valence electrons. The van der Waals surface area contributed by atoms with Crippen molar-refractivity contribution in [2.75, 3.05) is 0 Å². The SMILES string of the molecule is N/C(=N/O)c1ncncc1O. The van der Waals surface area contributed by atoms with Crippen molar-refractivity contribution in [2.24, 2.45) is 10.9 Å². The molecule has 0 bridgehead atoms. The van der Waals surface area contributed by atoms with Crippen LogP contribution in [0.4, 0.5) is 0 Å². The van der Waals surface area contributed by atoms with Crippen LogP contribution < -0.4 is 5.73 Å². The van der Waals surface area contributed by atoms with E-state index in [-0.39, 0.29) is 17.3 Å². The molecule has 1 rings (SSSR count). The number of rotatable bonds is 1. The van der Waals surface area contributed by atoms with Gasteiger partial charge in [-0.3, -0.25) is 0 Å². The van der Waals surface area contributed by atoms with Gasteiger partial charge in [-0.25, -0.2) is 9.97 Å². The lowest BCUT2D eigenvalue weighted by Gasteiger charge is -1.97. The molecule has 11 heavy (non-hydrogen) atoms. The molecular formula is C5H6N4O2. The predicted octanol–water partition coefficient (Wildman–Crippen LogP) is -0.723. The molecule has 0 fully saturated rings. The monoisotopic (exact) mass is 154 g/mol. The van der Waals surface area contributed by atoms with E-state index in [0.717, 1.165) is 6.20 Å². The standard InChI is InChI=1S/C5H6N4O2/c6-5(9-11)4-3(10)1-7-2-8-4/h1-2,10-11H,(H2,6,9). The smallest absolute Gasteiger partial charge is 0.192 e. The molecule has 0 aliphatic heterocycles. The van der Waals surface area contributed by atoms with E-state index in [1.165, 1.54) is 6.33 Å². The second-order valence-electron chi connectivity index (χ2n) is 1.74. The average Bonchev–Trinajstić information content (AvgIpc) is 2.04. The first kappa shape index (κ1) is 7.26. The normalized spacial score (nSPS) is 11.5. The average molecular weight is 154 g/mol. The van der Waals surface area contributed by atoms with E-state index in [1.54, 1.807) is 0 Å². The summed E-state index contributed by atoms with van der Waals surface area (Å²) in [7, 11) is 0. The highest BCUT2D eigenvalue weighted by Crippen LogP contribution is 2.09. The van der Waals surface area contributed by atoms with Gasteiger partial charge >= 0.3 is 0 Å². The second kappa shape index (κ2) is 2.82. The maximum atomic E-state index is 9.02. The first-order valence-corrected chi connectivity index (χ1v) is 2.72. The molecule has 6 nitrogen and oxygen atoms in total. The van der Waals surface area contributed by atoms with Gasteiger partial charge in [0.15, 0.2) is 17.3 Å². The third-order valence-corrected chi connectivity index (χ3v) is 1.04. The van der Waals surface area contributed by atoms with Gasteiger partial charge in [0.1, 0.15) is 6.33 Å². The van der Waals surface area contributed by atoms with E-state index in [1.807, 2.05) is 0 Å². The minimum atomic E-state index is -0.245. The van der Waals surface area contributed by atoms with E-state index in [4.69, 9.17) is 16.0 Å². The van der Waals surface area contributed by atoms with Crippen LogP contribution in [0.3, 0.4) is 0 Å². The van der Waals surface area contributed by atoms with Crippen LogP contribution in [0.1, 0.15) is 5.69 Å². The molecule has 0 spiro atoms. The zero-order chi connectivity index (χ0) is 8.27. The Morgan fingerprint density at radius 1 is 1.64 bits per heavy atom. The van der Waals surface area contributed by atoms with Gasteiger partial charge in [-0.15, -0.1) is 0 Å². The van der Waals surface area contributed by atoms with E-state index >= 15 is 0 Å². The number of aromatic nitrogens is 2. The minimum Gasteiger partial charge on any atom is -0.504 e. The Bertz CT molecular complexity index is 286. The molecule has 0 aliphatic rings. The number of nitrogens with two attached hydrogens (primary N) is 1. The number of amidine groups is 1. The topological polar surface area (TPSA) is 105 Å². The third-order valence-electron chi connectivity index (χ3n) is 1.04. The lowest BCUT2D eigenvalue weighted by Crippen LogP contribution is -2.15. The zero-order valence-corrected chi connectivity index (χ0v) is 5.47. The van der Waals surface area contributed by atoms with Crippen LogP contribution in [0.2, 0.25) is 0 Å². The molecule has 0 amide bonds. The molecule has 0 aromatic carbocycles. The van der Waals surface area contributed by atoms with Crippen LogP contribution in [-0.2, 0) is 0 Å². The third kappa shape index (κ3) is 1.34. The first-order chi connectivity index (χ1) is 5.25. The van der Waals surface area contributed by atoms with Crippen molar-refractivity contribution in [3.05, 3.63) is 18.2 Å². The molecule has 0 saturated heterocycles. The van der Waals surface area contributed by atoms with Crippen LogP contribution in [0.5, 0.6) is 5.75 Å². The molecular weight excluding hydrogens is 148 g/mol. The molecule has 1 aromatic rings. The summed E-state index contributed by atoms with van der Waals surface area (Å²) < 4.78 is 0. The van der Waals surface area contributed by atoms with Crippen molar-refractivity contribution < 1.29 is 10.3 Å². The quantitative estimate of drug-likeness (QED) is 0.214. The van der Waals surface area contributed by atoms with Gasteiger partial charge in [-0.1, -0.05) is 5.16 Å². The van der Waals surface area contributed by atoms with Crippen molar-refractivity contribution in [1.82, 2.24) is 9.97 Å². The van der Waals surface area contributed by atoms with Crippen molar-refractivity contribution in [3.63, 3.8) is 0 Å². The first-order valence-electron chi connectivity index (χ1n) is 2.72. The molecule has 0 atom stereocenters. The fourth-order valence-corrected chi connectivity index (χ4v) is 0.567. The van der Waals surface area contributed by atoms with Crippen LogP contribution in [0.25, 0.3) is 0 Å². The largest absolute Gasteiger partial charge is 0.504 e. The number of hydrogen-bond acceptors (Lipinski definition) is 5. The van der Waals surface area contributed by atoms with Gasteiger partial charge in [-0.2, -0.15) is 0 Å². The highest BCUT2D eigenvalue weighted by Gasteiger charge is 2.05. The van der Waals surface area contributed by atoms with E-state index in [9.17, 15) is 0 Å². The van der Waals surface area contributed by atoms with Crippen molar-refractivity contribution >= 4 is 5.84 Å². The van der Waals surface area contributed by atoms with Gasteiger partial charge in [0.25, 0.3) is 0 Å². The summed E-state index contributed by atoms with van der Waals surface area (Å²) in [5, 5.41) is 19.9. The minimum absolute atomic E-state index is 0.0162. The highest BCUT2D eigenvalue weighted by atomic mass is 16.4. The highest BCUT2D eigenvalue weighted by molar-refractivity contribution is 5.97. The molecule has 0 saturated carbocycles. The van der Waals surface area contributed by atoms with Crippen molar-refractivity contribution in [2.45, 2.75) is 0 Å². The van der Waals surface area contributed by atoms with Crippen molar-refractivity contribution in [1.29, 1.82) is 0 Å². The van der Waals surface area contributed by atoms with Gasteiger partial charge in [0, 0.05) is 0 Å². The molecule has 1 aromatic heterocycles. The van der Waals surface area contributed by atoms with Crippen molar-refractivity contribution in [3.8, 4) is 5.75 Å².